The zero-order chi connectivity index (χ0) is 19.1. The average Bonchev–Trinajstić information content (AvgIpc) is 2.90. The van der Waals surface area contributed by atoms with Crippen LogP contribution in [0.5, 0.6) is 0 Å². The minimum atomic E-state index is -3.77. The van der Waals surface area contributed by atoms with Crippen molar-refractivity contribution in [2.45, 2.75) is 70.6 Å². The van der Waals surface area contributed by atoms with E-state index >= 15 is 0 Å². The molecule has 3 rings (SSSR count). The third-order valence-corrected chi connectivity index (χ3v) is 7.19. The Kier molecular flexibility index (Phi) is 5.25. The predicted octanol–water partition coefficient (Wildman–Crippen LogP) is 5.74. The van der Waals surface area contributed by atoms with Gasteiger partial charge in [0.05, 0.1) is 4.90 Å². The van der Waals surface area contributed by atoms with Gasteiger partial charge >= 0.3 is 0 Å². The molecule has 0 radical (unpaired) electrons. The molecule has 4 heteroatoms. The van der Waals surface area contributed by atoms with E-state index in [0.29, 0.717) is 10.8 Å². The molecule has 0 heterocycles. The van der Waals surface area contributed by atoms with E-state index in [2.05, 4.69) is 26.0 Å². The zero-order valence-electron chi connectivity index (χ0n) is 16.2. The Hall–Kier alpha value is -1.68. The highest BCUT2D eigenvalue weighted by Crippen LogP contribution is 2.41. The second-order valence-electron chi connectivity index (χ2n) is 8.17. The van der Waals surface area contributed by atoms with E-state index in [4.69, 9.17) is 5.41 Å². The van der Waals surface area contributed by atoms with Crippen LogP contribution in [0.3, 0.4) is 0 Å². The normalized spacial score (nSPS) is 22.8. The van der Waals surface area contributed by atoms with Crippen LogP contribution in [0.2, 0.25) is 0 Å². The Balaban J connectivity index is 2.29. The summed E-state index contributed by atoms with van der Waals surface area (Å²) in [5.74, 6) is 0.511. The van der Waals surface area contributed by atoms with E-state index in [1.54, 1.807) is 0 Å². The highest BCUT2D eigenvalue weighted by molar-refractivity contribution is 8.06. The summed E-state index contributed by atoms with van der Waals surface area (Å²) < 4.78 is 26.5. The second-order valence-corrected chi connectivity index (χ2v) is 10.1. The molecule has 1 N–H and O–H groups in total. The Labute approximate surface area is 157 Å². The summed E-state index contributed by atoms with van der Waals surface area (Å²) in [5.41, 5.74) is 5.48. The zero-order valence-corrected chi connectivity index (χ0v) is 17.0. The van der Waals surface area contributed by atoms with Gasteiger partial charge in [-0.2, -0.15) is 0 Å². The number of rotatable bonds is 3. The van der Waals surface area contributed by atoms with Gasteiger partial charge in [0.25, 0.3) is 0 Å². The highest BCUT2D eigenvalue weighted by atomic mass is 32.2. The van der Waals surface area contributed by atoms with Crippen molar-refractivity contribution >= 4 is 27.0 Å². The SMILES string of the molecule is C/C1=C/c2c(S(=O)(=O)C(=N)CC(C)C)cc3c(c2/C=C\CC1)CCC3C. The first-order valence-corrected chi connectivity index (χ1v) is 11.1. The quantitative estimate of drug-likeness (QED) is 0.544. The van der Waals surface area contributed by atoms with E-state index in [0.717, 1.165) is 42.4 Å². The molecule has 1 aromatic rings. The third-order valence-electron chi connectivity index (χ3n) is 5.46. The van der Waals surface area contributed by atoms with Gasteiger partial charge in [0.2, 0.25) is 9.84 Å². The van der Waals surface area contributed by atoms with Gasteiger partial charge in [-0.15, -0.1) is 0 Å². The van der Waals surface area contributed by atoms with Crippen molar-refractivity contribution in [1.29, 1.82) is 5.41 Å². The summed E-state index contributed by atoms with van der Waals surface area (Å²) in [5, 5.41) is 8.08. The fraction of sp³-hybridized carbons (Fsp3) is 0.500. The summed E-state index contributed by atoms with van der Waals surface area (Å²) in [6, 6.07) is 1.87. The van der Waals surface area contributed by atoms with Crippen molar-refractivity contribution < 1.29 is 8.42 Å². The van der Waals surface area contributed by atoms with Gasteiger partial charge in [0.1, 0.15) is 5.04 Å². The number of benzene rings is 1. The van der Waals surface area contributed by atoms with Crippen LogP contribution < -0.4 is 0 Å². The maximum absolute atomic E-state index is 13.3. The number of nitrogens with one attached hydrogen (secondary N) is 1. The van der Waals surface area contributed by atoms with Crippen LogP contribution in [0.4, 0.5) is 0 Å². The summed E-state index contributed by atoms with van der Waals surface area (Å²) in [7, 11) is -3.77. The van der Waals surface area contributed by atoms with E-state index in [-0.39, 0.29) is 17.4 Å². The molecule has 0 saturated carbocycles. The van der Waals surface area contributed by atoms with Gasteiger partial charge in [-0.25, -0.2) is 8.42 Å². The average molecular weight is 372 g/mol. The minimum absolute atomic E-state index is 0.143. The molecule has 0 spiro atoms. The second kappa shape index (κ2) is 7.15. The van der Waals surface area contributed by atoms with Crippen LogP contribution in [-0.2, 0) is 16.3 Å². The lowest BCUT2D eigenvalue weighted by molar-refractivity contribution is 0.602. The Morgan fingerprint density at radius 2 is 2.00 bits per heavy atom. The van der Waals surface area contributed by atoms with Crippen LogP contribution in [0, 0.1) is 11.3 Å². The summed E-state index contributed by atoms with van der Waals surface area (Å²) in [6.07, 6.45) is 10.6. The monoisotopic (exact) mass is 371 g/mol. The van der Waals surface area contributed by atoms with E-state index in [1.807, 2.05) is 26.0 Å². The first-order valence-electron chi connectivity index (χ1n) is 9.57. The van der Waals surface area contributed by atoms with Crippen molar-refractivity contribution in [1.82, 2.24) is 0 Å². The smallest absolute Gasteiger partial charge is 0.219 e. The topological polar surface area (TPSA) is 58.0 Å². The molecule has 0 aromatic heterocycles. The summed E-state index contributed by atoms with van der Waals surface area (Å²) in [6.45, 7) is 8.13. The van der Waals surface area contributed by atoms with Gasteiger partial charge in [-0.1, -0.05) is 44.6 Å². The molecule has 0 fully saturated rings. The molecule has 140 valence electrons. The maximum Gasteiger partial charge on any atom is 0.219 e. The molecule has 3 nitrogen and oxygen atoms in total. The standard InChI is InChI=1S/C22H29NO2S/c1-14(2)11-22(23)26(24,25)21-13-19-16(4)9-10-18(19)17-8-6-5-7-15(3)12-20(17)21/h6,8,12-14,16,23H,5,7,9-11H2,1-4H3/b8-6-,15-12-,23-22?. The molecule has 26 heavy (non-hydrogen) atoms. The van der Waals surface area contributed by atoms with Crippen molar-refractivity contribution in [2.75, 3.05) is 0 Å². The van der Waals surface area contributed by atoms with Crippen LogP contribution in [0.1, 0.15) is 81.5 Å². The van der Waals surface area contributed by atoms with Gasteiger partial charge < -0.3 is 0 Å². The fourth-order valence-corrected chi connectivity index (χ4v) is 5.56. The van der Waals surface area contributed by atoms with Gasteiger partial charge in [0.15, 0.2) is 0 Å². The van der Waals surface area contributed by atoms with Crippen LogP contribution >= 0.6 is 0 Å². The number of sulfone groups is 1. The molecule has 0 aliphatic heterocycles. The van der Waals surface area contributed by atoms with Gasteiger partial charge in [-0.05, 0) is 67.2 Å². The van der Waals surface area contributed by atoms with Crippen molar-refractivity contribution in [2.24, 2.45) is 5.92 Å². The molecule has 1 atom stereocenters. The van der Waals surface area contributed by atoms with Crippen LogP contribution in [-0.4, -0.2) is 13.5 Å². The molecule has 2 aliphatic rings. The molecule has 1 unspecified atom stereocenters. The molecule has 0 amide bonds. The van der Waals surface area contributed by atoms with Crippen molar-refractivity contribution in [3.63, 3.8) is 0 Å². The number of allylic oxidation sites excluding steroid dienone is 2. The summed E-state index contributed by atoms with van der Waals surface area (Å²) >= 11 is 0. The lowest BCUT2D eigenvalue weighted by Crippen LogP contribution is -2.18. The molecule has 2 aliphatic carbocycles. The van der Waals surface area contributed by atoms with Crippen molar-refractivity contribution in [3.05, 3.63) is 40.0 Å². The molecular weight excluding hydrogens is 342 g/mol. The van der Waals surface area contributed by atoms with Crippen molar-refractivity contribution in [3.8, 4) is 0 Å². The molecule has 0 bridgehead atoms. The maximum atomic E-state index is 13.3. The molecule has 0 saturated heterocycles. The lowest BCUT2D eigenvalue weighted by atomic mass is 9.92. The van der Waals surface area contributed by atoms with Gasteiger partial charge in [0, 0.05) is 12.0 Å². The van der Waals surface area contributed by atoms with Crippen LogP contribution in [0.25, 0.3) is 12.2 Å². The summed E-state index contributed by atoms with van der Waals surface area (Å²) in [4.78, 5) is 0.330. The Bertz CT molecular complexity index is 905. The number of fused-ring (bicyclic) bond motifs is 3. The Morgan fingerprint density at radius 1 is 1.27 bits per heavy atom. The number of hydrogen-bond donors (Lipinski definition) is 1. The fourth-order valence-electron chi connectivity index (χ4n) is 4.00. The minimum Gasteiger partial charge on any atom is -0.293 e. The first kappa shape index (κ1) is 19.1. The van der Waals surface area contributed by atoms with Gasteiger partial charge in [-0.3, -0.25) is 5.41 Å². The number of hydrogen-bond acceptors (Lipinski definition) is 3. The molecular formula is C22H29NO2S. The largest absolute Gasteiger partial charge is 0.293 e. The molecule has 1 aromatic carbocycles. The lowest BCUT2D eigenvalue weighted by Gasteiger charge is -2.19. The predicted molar refractivity (Wildman–Crippen MR) is 109 cm³/mol. The first-order chi connectivity index (χ1) is 12.2. The highest BCUT2D eigenvalue weighted by Gasteiger charge is 2.31. The van der Waals surface area contributed by atoms with E-state index in [1.165, 1.54) is 11.1 Å². The van der Waals surface area contributed by atoms with E-state index < -0.39 is 9.84 Å². The Morgan fingerprint density at radius 3 is 2.69 bits per heavy atom. The third kappa shape index (κ3) is 3.44. The van der Waals surface area contributed by atoms with Crippen LogP contribution in [0.15, 0.2) is 22.6 Å². The van der Waals surface area contributed by atoms with E-state index in [9.17, 15) is 8.42 Å².